The largest absolute Gasteiger partial charge is 0.368 e. The molecule has 0 aliphatic carbocycles. The van der Waals surface area contributed by atoms with E-state index in [4.69, 9.17) is 27.9 Å². The fourth-order valence-electron chi connectivity index (χ4n) is 0.969. The van der Waals surface area contributed by atoms with Crippen LogP contribution in [0, 0.1) is 22.7 Å². The second-order valence-electron chi connectivity index (χ2n) is 2.57. The zero-order valence-corrected chi connectivity index (χ0v) is 8.44. The molecule has 0 unspecified atom stereocenters. The summed E-state index contributed by atoms with van der Waals surface area (Å²) >= 11 is 5.82. The number of aromatic nitrogens is 2. The van der Waals surface area contributed by atoms with E-state index in [0.29, 0.717) is 5.82 Å². The molecule has 1 aromatic heterocycles. The molecule has 7 heteroatoms. The van der Waals surface area contributed by atoms with E-state index in [2.05, 4.69) is 9.97 Å². The SMILES string of the molecule is N#CCN(CC#N)c1nc(N)ncc1Cl. The molecule has 0 aromatic carbocycles. The quantitative estimate of drug-likeness (QED) is 0.750. The molecule has 0 aliphatic rings. The van der Waals surface area contributed by atoms with Gasteiger partial charge in [-0.1, -0.05) is 11.6 Å². The van der Waals surface area contributed by atoms with Crippen LogP contribution < -0.4 is 10.6 Å². The molecule has 1 rings (SSSR count). The van der Waals surface area contributed by atoms with Gasteiger partial charge in [-0.3, -0.25) is 0 Å². The van der Waals surface area contributed by atoms with Crippen molar-refractivity contribution < 1.29 is 0 Å². The number of hydrogen-bond acceptors (Lipinski definition) is 6. The van der Waals surface area contributed by atoms with Crippen LogP contribution in [-0.2, 0) is 0 Å². The van der Waals surface area contributed by atoms with E-state index >= 15 is 0 Å². The molecule has 0 amide bonds. The van der Waals surface area contributed by atoms with Crippen LogP contribution in [0.3, 0.4) is 0 Å². The number of anilines is 2. The first-order valence-electron chi connectivity index (χ1n) is 3.96. The number of nitrogen functional groups attached to an aromatic ring is 1. The molecule has 1 aromatic rings. The molecule has 0 spiro atoms. The van der Waals surface area contributed by atoms with Crippen LogP contribution in [0.15, 0.2) is 6.20 Å². The molecule has 0 radical (unpaired) electrons. The van der Waals surface area contributed by atoms with Crippen molar-refractivity contribution in [1.29, 1.82) is 10.5 Å². The fraction of sp³-hybridized carbons (Fsp3) is 0.250. The molecule has 76 valence electrons. The first-order chi connectivity index (χ1) is 7.19. The Morgan fingerprint density at radius 2 is 2.00 bits per heavy atom. The minimum atomic E-state index is 0.0176. The molecule has 6 nitrogen and oxygen atoms in total. The van der Waals surface area contributed by atoms with Crippen LogP contribution in [0.1, 0.15) is 0 Å². The standard InChI is InChI=1S/C8H7ClN6/c9-6-5-13-8(12)14-7(6)15(3-1-10)4-2-11/h5H,3-4H2,(H2,12,13,14). The highest BCUT2D eigenvalue weighted by molar-refractivity contribution is 6.32. The number of nitrogens with zero attached hydrogens (tertiary/aromatic N) is 5. The first kappa shape index (κ1) is 11.0. The van der Waals surface area contributed by atoms with E-state index in [1.807, 2.05) is 12.1 Å². The highest BCUT2D eigenvalue weighted by atomic mass is 35.5. The normalized spacial score (nSPS) is 9.00. The second-order valence-corrected chi connectivity index (χ2v) is 2.98. The summed E-state index contributed by atoms with van der Waals surface area (Å²) in [5, 5.41) is 17.4. The summed E-state index contributed by atoms with van der Waals surface area (Å²) in [4.78, 5) is 8.97. The summed E-state index contributed by atoms with van der Waals surface area (Å²) in [7, 11) is 0. The van der Waals surface area contributed by atoms with Gasteiger partial charge in [-0.05, 0) is 0 Å². The molecular weight excluding hydrogens is 216 g/mol. The lowest BCUT2D eigenvalue weighted by Crippen LogP contribution is -2.25. The molecular formula is C8H7ClN6. The van der Waals surface area contributed by atoms with Gasteiger partial charge in [0.2, 0.25) is 5.95 Å². The number of halogens is 1. The number of hydrogen-bond donors (Lipinski definition) is 1. The average Bonchev–Trinajstić information content (AvgIpc) is 2.21. The van der Waals surface area contributed by atoms with Gasteiger partial charge in [0, 0.05) is 0 Å². The number of nitriles is 2. The van der Waals surface area contributed by atoms with Crippen LogP contribution in [0.4, 0.5) is 11.8 Å². The van der Waals surface area contributed by atoms with Crippen LogP contribution in [0.25, 0.3) is 0 Å². The van der Waals surface area contributed by atoms with Crippen LogP contribution >= 0.6 is 11.6 Å². The van der Waals surface area contributed by atoms with Crippen molar-refractivity contribution in [2.75, 3.05) is 23.7 Å². The Morgan fingerprint density at radius 1 is 1.40 bits per heavy atom. The van der Waals surface area contributed by atoms with Gasteiger partial charge < -0.3 is 10.6 Å². The fourth-order valence-corrected chi connectivity index (χ4v) is 1.18. The van der Waals surface area contributed by atoms with Crippen molar-refractivity contribution in [2.45, 2.75) is 0 Å². The van der Waals surface area contributed by atoms with Gasteiger partial charge in [0.1, 0.15) is 18.1 Å². The molecule has 0 bridgehead atoms. The Hall–Kier alpha value is -2.05. The average molecular weight is 223 g/mol. The lowest BCUT2D eigenvalue weighted by Gasteiger charge is -2.17. The topological polar surface area (TPSA) is 103 Å². The third-order valence-electron chi connectivity index (χ3n) is 1.57. The van der Waals surface area contributed by atoms with Gasteiger partial charge in [-0.25, -0.2) is 4.98 Å². The molecule has 2 N–H and O–H groups in total. The van der Waals surface area contributed by atoms with E-state index in [1.165, 1.54) is 11.1 Å². The minimum Gasteiger partial charge on any atom is -0.368 e. The summed E-state index contributed by atoms with van der Waals surface area (Å²) < 4.78 is 0. The maximum atomic E-state index is 8.57. The Morgan fingerprint density at radius 3 is 2.53 bits per heavy atom. The zero-order valence-electron chi connectivity index (χ0n) is 7.68. The molecule has 15 heavy (non-hydrogen) atoms. The van der Waals surface area contributed by atoms with Gasteiger partial charge in [-0.15, -0.1) is 0 Å². The molecule has 0 fully saturated rings. The molecule has 1 heterocycles. The smallest absolute Gasteiger partial charge is 0.222 e. The summed E-state index contributed by atoms with van der Waals surface area (Å²) in [6.45, 7) is 0.0352. The van der Waals surface area contributed by atoms with E-state index in [0.717, 1.165) is 0 Å². The maximum Gasteiger partial charge on any atom is 0.222 e. The maximum absolute atomic E-state index is 8.57. The summed E-state index contributed by atoms with van der Waals surface area (Å²) in [6.07, 6.45) is 1.33. The van der Waals surface area contributed by atoms with Gasteiger partial charge in [-0.2, -0.15) is 15.5 Å². The van der Waals surface area contributed by atoms with Gasteiger partial charge >= 0.3 is 0 Å². The summed E-state index contributed by atoms with van der Waals surface area (Å²) in [5.41, 5.74) is 5.38. The first-order valence-corrected chi connectivity index (χ1v) is 4.33. The molecule has 0 aliphatic heterocycles. The Labute approximate surface area is 91.5 Å². The second kappa shape index (κ2) is 4.99. The molecule has 0 saturated heterocycles. The Bertz CT molecular complexity index is 416. The van der Waals surface area contributed by atoms with Gasteiger partial charge in [0.15, 0.2) is 5.82 Å². The predicted molar refractivity (Wildman–Crippen MR) is 54.9 cm³/mol. The third kappa shape index (κ3) is 2.70. The van der Waals surface area contributed by atoms with E-state index in [9.17, 15) is 0 Å². The van der Waals surface area contributed by atoms with Crippen molar-refractivity contribution in [3.8, 4) is 12.1 Å². The summed E-state index contributed by atoms with van der Waals surface area (Å²) in [6, 6.07) is 3.83. The molecule has 0 saturated carbocycles. The van der Waals surface area contributed by atoms with Crippen LogP contribution in [0.5, 0.6) is 0 Å². The third-order valence-corrected chi connectivity index (χ3v) is 1.83. The minimum absolute atomic E-state index is 0.0176. The highest BCUT2D eigenvalue weighted by Crippen LogP contribution is 2.22. The van der Waals surface area contributed by atoms with Crippen molar-refractivity contribution in [3.63, 3.8) is 0 Å². The predicted octanol–water partition coefficient (Wildman–Crippen LogP) is 0.566. The highest BCUT2D eigenvalue weighted by Gasteiger charge is 2.12. The Kier molecular flexibility index (Phi) is 3.67. The number of nitrogens with two attached hydrogens (primary N) is 1. The van der Waals surface area contributed by atoms with Crippen LogP contribution in [-0.4, -0.2) is 23.1 Å². The van der Waals surface area contributed by atoms with Crippen molar-refractivity contribution in [3.05, 3.63) is 11.2 Å². The van der Waals surface area contributed by atoms with Crippen LogP contribution in [0.2, 0.25) is 5.02 Å². The Balaban J connectivity index is 3.06. The lowest BCUT2D eigenvalue weighted by atomic mass is 10.4. The van der Waals surface area contributed by atoms with E-state index in [-0.39, 0.29) is 24.1 Å². The zero-order chi connectivity index (χ0) is 11.3. The monoisotopic (exact) mass is 222 g/mol. The molecule has 0 atom stereocenters. The summed E-state index contributed by atoms with van der Waals surface area (Å²) in [5.74, 6) is 0.350. The van der Waals surface area contributed by atoms with Crippen molar-refractivity contribution in [1.82, 2.24) is 9.97 Å². The van der Waals surface area contributed by atoms with Crippen molar-refractivity contribution >= 4 is 23.4 Å². The van der Waals surface area contributed by atoms with Crippen molar-refractivity contribution in [2.24, 2.45) is 0 Å². The van der Waals surface area contributed by atoms with E-state index in [1.54, 1.807) is 0 Å². The van der Waals surface area contributed by atoms with E-state index < -0.39 is 0 Å². The van der Waals surface area contributed by atoms with Gasteiger partial charge in [0.25, 0.3) is 0 Å². The number of rotatable bonds is 3. The van der Waals surface area contributed by atoms with Gasteiger partial charge in [0.05, 0.1) is 18.3 Å². The lowest BCUT2D eigenvalue weighted by molar-refractivity contribution is 0.929.